The first kappa shape index (κ1) is 25.8. The summed E-state index contributed by atoms with van der Waals surface area (Å²) < 4.78 is 0. The Morgan fingerprint density at radius 1 is 1.00 bits per heavy atom. The number of hydrogen-bond donors (Lipinski definition) is 2. The SMILES string of the molecule is CC(C)C(=O)N([C@H]1CCN(C(=O)[C@@H]2CN(C(=N)N)C[C@H]2c2ccc(Cl)cc2)C1)[C@H]1CC[C@@H](C)CC1. The summed E-state index contributed by atoms with van der Waals surface area (Å²) in [4.78, 5) is 33.0. The number of amides is 2. The van der Waals surface area contributed by atoms with E-state index in [4.69, 9.17) is 22.7 Å². The molecule has 1 aromatic carbocycles. The van der Waals surface area contributed by atoms with Crippen LogP contribution in [0.2, 0.25) is 5.02 Å². The molecule has 0 bridgehead atoms. The molecular weight excluding hydrogens is 462 g/mol. The molecule has 1 saturated carbocycles. The molecule has 8 heteroatoms. The molecule has 192 valence electrons. The van der Waals surface area contributed by atoms with Crippen molar-refractivity contribution in [2.24, 2.45) is 23.5 Å². The minimum atomic E-state index is -0.274. The number of halogens is 1. The average molecular weight is 502 g/mol. The second-order valence-electron chi connectivity index (χ2n) is 11.1. The first-order valence-corrected chi connectivity index (χ1v) is 13.5. The first-order valence-electron chi connectivity index (χ1n) is 13.1. The first-order chi connectivity index (χ1) is 16.7. The van der Waals surface area contributed by atoms with Crippen molar-refractivity contribution in [1.29, 1.82) is 5.41 Å². The third-order valence-electron chi connectivity index (χ3n) is 8.27. The molecule has 7 nitrogen and oxygen atoms in total. The number of guanidine groups is 1. The van der Waals surface area contributed by atoms with E-state index in [1.807, 2.05) is 43.0 Å². The van der Waals surface area contributed by atoms with Crippen molar-refractivity contribution in [1.82, 2.24) is 14.7 Å². The molecule has 4 rings (SSSR count). The van der Waals surface area contributed by atoms with Crippen LogP contribution in [-0.2, 0) is 9.59 Å². The fraction of sp³-hybridized carbons (Fsp3) is 0.667. The highest BCUT2D eigenvalue weighted by Gasteiger charge is 2.44. The van der Waals surface area contributed by atoms with Gasteiger partial charge in [-0.05, 0) is 55.7 Å². The highest BCUT2D eigenvalue weighted by Crippen LogP contribution is 2.36. The molecule has 35 heavy (non-hydrogen) atoms. The molecule has 0 radical (unpaired) electrons. The van der Waals surface area contributed by atoms with Crippen LogP contribution in [0.4, 0.5) is 0 Å². The maximum atomic E-state index is 13.8. The molecule has 0 spiro atoms. The summed E-state index contributed by atoms with van der Waals surface area (Å²) in [6, 6.07) is 7.99. The van der Waals surface area contributed by atoms with Crippen LogP contribution in [0, 0.1) is 23.2 Å². The van der Waals surface area contributed by atoms with Gasteiger partial charge in [-0.1, -0.05) is 44.5 Å². The summed E-state index contributed by atoms with van der Waals surface area (Å²) in [6.07, 6.45) is 5.25. The van der Waals surface area contributed by atoms with Gasteiger partial charge >= 0.3 is 0 Å². The topological polar surface area (TPSA) is 93.7 Å². The number of likely N-dealkylation sites (tertiary alicyclic amines) is 2. The second kappa shape index (κ2) is 10.8. The lowest BCUT2D eigenvalue weighted by atomic mass is 9.85. The Morgan fingerprint density at radius 3 is 2.26 bits per heavy atom. The van der Waals surface area contributed by atoms with Gasteiger partial charge in [-0.3, -0.25) is 15.0 Å². The lowest BCUT2D eigenvalue weighted by molar-refractivity contribution is -0.142. The number of hydrogen-bond acceptors (Lipinski definition) is 3. The summed E-state index contributed by atoms with van der Waals surface area (Å²) in [6.45, 7) is 8.49. The lowest BCUT2D eigenvalue weighted by Crippen LogP contribution is -2.51. The molecule has 2 heterocycles. The molecule has 0 aromatic heterocycles. The van der Waals surface area contributed by atoms with Gasteiger partial charge in [-0.2, -0.15) is 0 Å². The van der Waals surface area contributed by atoms with Crippen LogP contribution in [0.5, 0.6) is 0 Å². The predicted octanol–water partition coefficient (Wildman–Crippen LogP) is 3.91. The van der Waals surface area contributed by atoms with Crippen molar-refractivity contribution in [2.75, 3.05) is 26.2 Å². The minimum absolute atomic E-state index is 0.00112. The number of nitrogens with one attached hydrogen (secondary N) is 1. The molecule has 3 N–H and O–H groups in total. The van der Waals surface area contributed by atoms with Gasteiger partial charge in [0.25, 0.3) is 0 Å². The summed E-state index contributed by atoms with van der Waals surface area (Å²) in [5.74, 6) is 0.669. The quantitative estimate of drug-likeness (QED) is 0.472. The minimum Gasteiger partial charge on any atom is -0.370 e. The molecule has 2 amide bonds. The highest BCUT2D eigenvalue weighted by atomic mass is 35.5. The normalized spacial score (nSPS) is 29.0. The Labute approximate surface area is 214 Å². The van der Waals surface area contributed by atoms with E-state index in [0.29, 0.717) is 31.2 Å². The van der Waals surface area contributed by atoms with Crippen molar-refractivity contribution in [2.45, 2.75) is 70.9 Å². The molecule has 0 unspecified atom stereocenters. The molecular formula is C27H40ClN5O2. The Morgan fingerprint density at radius 2 is 1.66 bits per heavy atom. The van der Waals surface area contributed by atoms with E-state index in [1.165, 1.54) is 0 Å². The molecule has 3 aliphatic rings. The third-order valence-corrected chi connectivity index (χ3v) is 8.52. The monoisotopic (exact) mass is 501 g/mol. The zero-order valence-electron chi connectivity index (χ0n) is 21.3. The number of carbonyl (C=O) groups is 2. The smallest absolute Gasteiger partial charge is 0.228 e. The van der Waals surface area contributed by atoms with Crippen LogP contribution in [0.25, 0.3) is 0 Å². The number of benzene rings is 1. The van der Waals surface area contributed by atoms with E-state index in [1.54, 1.807) is 4.90 Å². The van der Waals surface area contributed by atoms with E-state index >= 15 is 0 Å². The Hall–Kier alpha value is -2.28. The van der Waals surface area contributed by atoms with Gasteiger partial charge < -0.3 is 20.4 Å². The molecule has 1 aromatic rings. The molecule has 1 aliphatic carbocycles. The zero-order chi connectivity index (χ0) is 25.3. The van der Waals surface area contributed by atoms with Crippen LogP contribution < -0.4 is 5.73 Å². The summed E-state index contributed by atoms with van der Waals surface area (Å²) in [7, 11) is 0. The fourth-order valence-electron chi connectivity index (χ4n) is 6.18. The van der Waals surface area contributed by atoms with Gasteiger partial charge in [0.1, 0.15) is 0 Å². The van der Waals surface area contributed by atoms with E-state index in [2.05, 4.69) is 11.8 Å². The van der Waals surface area contributed by atoms with Gasteiger partial charge in [-0.15, -0.1) is 0 Å². The second-order valence-corrected chi connectivity index (χ2v) is 11.5. The summed E-state index contributed by atoms with van der Waals surface area (Å²) in [5, 5.41) is 8.59. The average Bonchev–Trinajstić information content (AvgIpc) is 3.49. The highest BCUT2D eigenvalue weighted by molar-refractivity contribution is 6.30. The van der Waals surface area contributed by atoms with Gasteiger partial charge in [0.15, 0.2) is 5.96 Å². The van der Waals surface area contributed by atoms with Gasteiger partial charge in [0.2, 0.25) is 11.8 Å². The number of nitrogens with zero attached hydrogens (tertiary/aromatic N) is 3. The van der Waals surface area contributed by atoms with Crippen molar-refractivity contribution in [3.05, 3.63) is 34.9 Å². The van der Waals surface area contributed by atoms with Crippen molar-refractivity contribution >= 4 is 29.4 Å². The van der Waals surface area contributed by atoms with Gasteiger partial charge in [0.05, 0.1) is 12.0 Å². The van der Waals surface area contributed by atoms with Crippen LogP contribution in [0.1, 0.15) is 64.4 Å². The molecule has 3 fully saturated rings. The predicted molar refractivity (Wildman–Crippen MR) is 139 cm³/mol. The van der Waals surface area contributed by atoms with Gasteiger partial charge in [0, 0.05) is 49.1 Å². The van der Waals surface area contributed by atoms with E-state index < -0.39 is 0 Å². The van der Waals surface area contributed by atoms with Crippen LogP contribution in [0.3, 0.4) is 0 Å². The van der Waals surface area contributed by atoms with Gasteiger partial charge in [-0.25, -0.2) is 0 Å². The maximum absolute atomic E-state index is 13.8. The number of rotatable bonds is 5. The largest absolute Gasteiger partial charge is 0.370 e. The molecule has 2 saturated heterocycles. The van der Waals surface area contributed by atoms with Crippen molar-refractivity contribution in [3.8, 4) is 0 Å². The van der Waals surface area contributed by atoms with E-state index in [0.717, 1.165) is 43.6 Å². The summed E-state index contributed by atoms with van der Waals surface area (Å²) in [5.41, 5.74) is 6.85. The van der Waals surface area contributed by atoms with Crippen LogP contribution in [-0.4, -0.2) is 70.7 Å². The van der Waals surface area contributed by atoms with E-state index in [-0.39, 0.29) is 47.6 Å². The number of nitrogens with two attached hydrogens (primary N) is 1. The Bertz CT molecular complexity index is 928. The molecule has 3 atom stereocenters. The fourth-order valence-corrected chi connectivity index (χ4v) is 6.30. The lowest BCUT2D eigenvalue weighted by Gasteiger charge is -2.41. The van der Waals surface area contributed by atoms with Crippen molar-refractivity contribution < 1.29 is 9.59 Å². The van der Waals surface area contributed by atoms with Crippen LogP contribution in [0.15, 0.2) is 24.3 Å². The number of carbonyl (C=O) groups excluding carboxylic acids is 2. The third kappa shape index (κ3) is 5.60. The summed E-state index contributed by atoms with van der Waals surface area (Å²) >= 11 is 6.09. The zero-order valence-corrected chi connectivity index (χ0v) is 22.0. The van der Waals surface area contributed by atoms with Crippen LogP contribution >= 0.6 is 11.6 Å². The Kier molecular flexibility index (Phi) is 7.94. The standard InChI is InChI=1S/C27H40ClN5O2/c1-17(2)25(34)33(21-10-4-18(3)5-11-21)22-12-13-31(14-22)26(35)24-16-32(27(29)30)15-23(24)19-6-8-20(28)9-7-19/h6-9,17-18,21-24H,4-5,10-16H2,1-3H3,(H3,29,30)/t18-,21+,22-,23-,24+/m0/s1. The molecule has 2 aliphatic heterocycles. The maximum Gasteiger partial charge on any atom is 0.228 e. The Balaban J connectivity index is 1.50. The van der Waals surface area contributed by atoms with E-state index in [9.17, 15) is 9.59 Å². The van der Waals surface area contributed by atoms with Crippen molar-refractivity contribution in [3.63, 3.8) is 0 Å².